The summed E-state index contributed by atoms with van der Waals surface area (Å²) in [5.74, 6) is 1.11. The lowest BCUT2D eigenvalue weighted by Gasteiger charge is -2.40. The summed E-state index contributed by atoms with van der Waals surface area (Å²) in [6.45, 7) is 3.57. The third-order valence-electron chi connectivity index (χ3n) is 4.46. The van der Waals surface area contributed by atoms with Gasteiger partial charge in [0.15, 0.2) is 5.82 Å². The van der Waals surface area contributed by atoms with Gasteiger partial charge in [-0.3, -0.25) is 4.79 Å². The number of aromatic nitrogens is 4. The van der Waals surface area contributed by atoms with Gasteiger partial charge in [0.1, 0.15) is 6.33 Å². The largest absolute Gasteiger partial charge is 0.385 e. The highest BCUT2D eigenvalue weighted by Gasteiger charge is 2.42. The van der Waals surface area contributed by atoms with E-state index in [1.54, 1.807) is 26.4 Å². The summed E-state index contributed by atoms with van der Waals surface area (Å²) < 4.78 is 10.4. The molecule has 1 aliphatic heterocycles. The first-order chi connectivity index (χ1) is 11.6. The number of piperidine rings is 1. The molecule has 0 aromatic carbocycles. The van der Waals surface area contributed by atoms with Crippen molar-refractivity contribution in [2.45, 2.75) is 31.6 Å². The van der Waals surface area contributed by atoms with E-state index in [-0.39, 0.29) is 11.3 Å². The molecule has 2 aromatic heterocycles. The zero-order chi connectivity index (χ0) is 17.0. The van der Waals surface area contributed by atoms with Gasteiger partial charge in [-0.15, -0.1) is 0 Å². The predicted molar refractivity (Wildman–Crippen MR) is 84.4 cm³/mol. The van der Waals surface area contributed by atoms with Gasteiger partial charge in [0.2, 0.25) is 5.89 Å². The van der Waals surface area contributed by atoms with Gasteiger partial charge in [-0.1, -0.05) is 5.16 Å². The van der Waals surface area contributed by atoms with Crippen molar-refractivity contribution < 1.29 is 14.1 Å². The van der Waals surface area contributed by atoms with E-state index in [2.05, 4.69) is 20.1 Å². The van der Waals surface area contributed by atoms with Gasteiger partial charge in [0, 0.05) is 46.1 Å². The Labute approximate surface area is 140 Å². The number of methoxy groups -OCH3 is 1. The summed E-state index contributed by atoms with van der Waals surface area (Å²) in [4.78, 5) is 26.9. The van der Waals surface area contributed by atoms with Crippen LogP contribution in [0.4, 0.5) is 0 Å². The smallest absolute Gasteiger partial charge is 0.257 e. The fourth-order valence-electron chi connectivity index (χ4n) is 3.21. The molecule has 1 aliphatic rings. The van der Waals surface area contributed by atoms with Crippen molar-refractivity contribution in [2.24, 2.45) is 0 Å². The van der Waals surface area contributed by atoms with Gasteiger partial charge in [-0.05, 0) is 19.3 Å². The lowest BCUT2D eigenvalue weighted by Crippen LogP contribution is -2.49. The van der Waals surface area contributed by atoms with Crippen LogP contribution >= 0.6 is 0 Å². The SMILES string of the molecule is COCCC1(c2noc(C)n2)CCCN(C(=O)c2cncnc2)C1. The van der Waals surface area contributed by atoms with Crippen LogP contribution in [0.3, 0.4) is 0 Å². The molecule has 0 bridgehead atoms. The summed E-state index contributed by atoms with van der Waals surface area (Å²) >= 11 is 0. The van der Waals surface area contributed by atoms with E-state index in [1.165, 1.54) is 6.33 Å². The maximum atomic E-state index is 12.7. The van der Waals surface area contributed by atoms with E-state index in [1.807, 2.05) is 4.90 Å². The van der Waals surface area contributed by atoms with E-state index in [9.17, 15) is 4.79 Å². The van der Waals surface area contributed by atoms with Crippen LogP contribution in [0.1, 0.15) is 41.3 Å². The van der Waals surface area contributed by atoms with E-state index in [0.717, 1.165) is 19.3 Å². The molecule has 3 rings (SSSR count). The maximum absolute atomic E-state index is 12.7. The van der Waals surface area contributed by atoms with Crippen LogP contribution in [0.25, 0.3) is 0 Å². The topological polar surface area (TPSA) is 94.2 Å². The van der Waals surface area contributed by atoms with Crippen LogP contribution in [0, 0.1) is 6.92 Å². The third-order valence-corrected chi connectivity index (χ3v) is 4.46. The van der Waals surface area contributed by atoms with Crippen molar-refractivity contribution in [2.75, 3.05) is 26.8 Å². The molecule has 0 N–H and O–H groups in total. The molecule has 8 heteroatoms. The van der Waals surface area contributed by atoms with Gasteiger partial charge in [-0.2, -0.15) is 4.98 Å². The number of hydrogen-bond donors (Lipinski definition) is 0. The monoisotopic (exact) mass is 331 g/mol. The van der Waals surface area contributed by atoms with Gasteiger partial charge in [0.05, 0.1) is 11.0 Å². The van der Waals surface area contributed by atoms with Crippen molar-refractivity contribution in [3.05, 3.63) is 36.0 Å². The molecule has 1 fully saturated rings. The molecular weight excluding hydrogens is 310 g/mol. The second-order valence-corrected chi connectivity index (χ2v) is 6.12. The maximum Gasteiger partial charge on any atom is 0.257 e. The standard InChI is InChI=1S/C16H21N5O3/c1-12-19-15(20-24-12)16(5-7-23-2)4-3-6-21(10-16)14(22)13-8-17-11-18-9-13/h8-9,11H,3-7,10H2,1-2H3. The molecule has 8 nitrogen and oxygen atoms in total. The Bertz CT molecular complexity index is 690. The number of carbonyl (C=O) groups is 1. The number of amides is 1. The summed E-state index contributed by atoms with van der Waals surface area (Å²) in [5, 5.41) is 4.13. The van der Waals surface area contributed by atoms with Crippen LogP contribution in [0.15, 0.2) is 23.2 Å². The van der Waals surface area contributed by atoms with E-state index in [4.69, 9.17) is 9.26 Å². The summed E-state index contributed by atoms with van der Waals surface area (Å²) in [5.41, 5.74) is 0.140. The van der Waals surface area contributed by atoms with Crippen molar-refractivity contribution in [3.8, 4) is 0 Å². The summed E-state index contributed by atoms with van der Waals surface area (Å²) in [6, 6.07) is 0. The average molecular weight is 331 g/mol. The van der Waals surface area contributed by atoms with Gasteiger partial charge in [-0.25, -0.2) is 9.97 Å². The Morgan fingerprint density at radius 2 is 2.21 bits per heavy atom. The van der Waals surface area contributed by atoms with Crippen LogP contribution < -0.4 is 0 Å². The molecule has 0 spiro atoms. The van der Waals surface area contributed by atoms with E-state index >= 15 is 0 Å². The number of carbonyl (C=O) groups excluding carboxylic acids is 1. The lowest BCUT2D eigenvalue weighted by molar-refractivity contribution is 0.0566. The zero-order valence-electron chi connectivity index (χ0n) is 13.9. The van der Waals surface area contributed by atoms with Crippen LogP contribution in [0.2, 0.25) is 0 Å². The first-order valence-electron chi connectivity index (χ1n) is 7.99. The van der Waals surface area contributed by atoms with Crippen LogP contribution in [0.5, 0.6) is 0 Å². The molecule has 1 atom stereocenters. The third kappa shape index (κ3) is 3.28. The Balaban J connectivity index is 1.86. The van der Waals surface area contributed by atoms with Crippen molar-refractivity contribution >= 4 is 5.91 Å². The van der Waals surface area contributed by atoms with E-state index in [0.29, 0.717) is 37.0 Å². The second kappa shape index (κ2) is 7.04. The van der Waals surface area contributed by atoms with Crippen LogP contribution in [-0.4, -0.2) is 57.7 Å². The molecule has 1 unspecified atom stereocenters. The van der Waals surface area contributed by atoms with E-state index < -0.39 is 0 Å². The number of ether oxygens (including phenoxy) is 1. The second-order valence-electron chi connectivity index (χ2n) is 6.12. The number of aryl methyl sites for hydroxylation is 1. The fourth-order valence-corrected chi connectivity index (χ4v) is 3.21. The highest BCUT2D eigenvalue weighted by atomic mass is 16.5. The minimum absolute atomic E-state index is 0.0719. The van der Waals surface area contributed by atoms with Gasteiger partial charge in [0.25, 0.3) is 5.91 Å². The zero-order valence-corrected chi connectivity index (χ0v) is 13.9. The summed E-state index contributed by atoms with van der Waals surface area (Å²) in [7, 11) is 1.67. The Hall–Kier alpha value is -2.35. The van der Waals surface area contributed by atoms with Gasteiger partial charge >= 0.3 is 0 Å². The Morgan fingerprint density at radius 1 is 1.42 bits per heavy atom. The number of likely N-dealkylation sites (tertiary alicyclic amines) is 1. The Morgan fingerprint density at radius 3 is 2.88 bits per heavy atom. The van der Waals surface area contributed by atoms with Crippen molar-refractivity contribution in [1.82, 2.24) is 25.0 Å². The predicted octanol–water partition coefficient (Wildman–Crippen LogP) is 1.38. The molecule has 0 aliphatic carbocycles. The van der Waals surface area contributed by atoms with Gasteiger partial charge < -0.3 is 14.2 Å². The highest BCUT2D eigenvalue weighted by molar-refractivity contribution is 5.93. The average Bonchev–Trinajstić information content (AvgIpc) is 3.07. The molecule has 0 radical (unpaired) electrons. The number of rotatable bonds is 5. The molecular formula is C16H21N5O3. The normalized spacial score (nSPS) is 21.0. The molecule has 1 amide bonds. The number of nitrogens with zero attached hydrogens (tertiary/aromatic N) is 5. The highest BCUT2D eigenvalue weighted by Crippen LogP contribution is 2.36. The number of hydrogen-bond acceptors (Lipinski definition) is 7. The van der Waals surface area contributed by atoms with Crippen molar-refractivity contribution in [1.29, 1.82) is 0 Å². The molecule has 0 saturated carbocycles. The molecule has 1 saturated heterocycles. The summed E-state index contributed by atoms with van der Waals surface area (Å²) in [6.07, 6.45) is 7.00. The minimum Gasteiger partial charge on any atom is -0.385 e. The molecule has 2 aromatic rings. The lowest BCUT2D eigenvalue weighted by atomic mass is 9.76. The van der Waals surface area contributed by atoms with Crippen LogP contribution in [-0.2, 0) is 10.2 Å². The molecule has 24 heavy (non-hydrogen) atoms. The Kier molecular flexibility index (Phi) is 4.84. The first-order valence-corrected chi connectivity index (χ1v) is 7.99. The first kappa shape index (κ1) is 16.5. The molecule has 128 valence electrons. The minimum atomic E-state index is -0.350. The quantitative estimate of drug-likeness (QED) is 0.817. The molecule has 3 heterocycles. The fraction of sp³-hybridized carbons (Fsp3) is 0.562. The van der Waals surface area contributed by atoms with Crippen molar-refractivity contribution in [3.63, 3.8) is 0 Å².